The number of para-hydroxylation sites is 1. The van der Waals surface area contributed by atoms with Crippen molar-refractivity contribution in [3.05, 3.63) is 29.3 Å². The lowest BCUT2D eigenvalue weighted by atomic mass is 10.0. The Morgan fingerprint density at radius 3 is 2.77 bits per heavy atom. The molecule has 0 spiro atoms. The summed E-state index contributed by atoms with van der Waals surface area (Å²) in [6.07, 6.45) is 0.549. The van der Waals surface area contributed by atoms with Crippen LogP contribution in [0.2, 0.25) is 0 Å². The summed E-state index contributed by atoms with van der Waals surface area (Å²) >= 11 is 0. The van der Waals surface area contributed by atoms with Crippen molar-refractivity contribution in [2.75, 3.05) is 12.3 Å². The Hall–Kier alpha value is -1.06. The molecule has 0 saturated heterocycles. The zero-order valence-corrected chi connectivity index (χ0v) is 7.83. The molecule has 1 aromatic rings. The van der Waals surface area contributed by atoms with Gasteiger partial charge in [0.2, 0.25) is 0 Å². The van der Waals surface area contributed by atoms with Gasteiger partial charge in [-0.2, -0.15) is 0 Å². The van der Waals surface area contributed by atoms with Crippen molar-refractivity contribution < 1.29 is 5.11 Å². The van der Waals surface area contributed by atoms with Crippen LogP contribution < -0.4 is 11.5 Å². The highest BCUT2D eigenvalue weighted by atomic mass is 16.3. The maximum atomic E-state index is 8.74. The first-order valence-corrected chi connectivity index (χ1v) is 4.38. The third kappa shape index (κ3) is 2.20. The van der Waals surface area contributed by atoms with E-state index in [1.807, 2.05) is 25.1 Å². The molecule has 0 heterocycles. The standard InChI is InChI=1S/C10H16N2O/c1-7-3-2-4-8(10(7)12)9(11)5-6-13/h2-4,9,13H,5-6,11-12H2,1H3. The first kappa shape index (κ1) is 10.0. The number of aryl methyl sites for hydroxylation is 1. The average molecular weight is 180 g/mol. The molecule has 0 aromatic heterocycles. The van der Waals surface area contributed by atoms with E-state index in [2.05, 4.69) is 0 Å². The van der Waals surface area contributed by atoms with Gasteiger partial charge in [-0.05, 0) is 24.5 Å². The molecule has 0 fully saturated rings. The van der Waals surface area contributed by atoms with Gasteiger partial charge < -0.3 is 16.6 Å². The number of nitrogen functional groups attached to an aromatic ring is 1. The quantitative estimate of drug-likeness (QED) is 0.607. The SMILES string of the molecule is Cc1cccc(C(N)CCO)c1N. The molecule has 0 amide bonds. The summed E-state index contributed by atoms with van der Waals surface area (Å²) in [5, 5.41) is 8.74. The van der Waals surface area contributed by atoms with E-state index in [-0.39, 0.29) is 12.6 Å². The van der Waals surface area contributed by atoms with Crippen LogP contribution in [-0.4, -0.2) is 11.7 Å². The lowest BCUT2D eigenvalue weighted by Gasteiger charge is -2.14. The number of hydrogen-bond acceptors (Lipinski definition) is 3. The molecule has 1 unspecified atom stereocenters. The van der Waals surface area contributed by atoms with Crippen molar-refractivity contribution in [3.8, 4) is 0 Å². The Morgan fingerprint density at radius 2 is 2.15 bits per heavy atom. The molecule has 1 aromatic carbocycles. The predicted octanol–water partition coefficient (Wildman–Crippen LogP) is 0.959. The Bertz CT molecular complexity index is 286. The predicted molar refractivity (Wildman–Crippen MR) is 54.2 cm³/mol. The number of benzene rings is 1. The van der Waals surface area contributed by atoms with Gasteiger partial charge in [-0.1, -0.05) is 18.2 Å². The molecule has 0 bridgehead atoms. The maximum absolute atomic E-state index is 8.74. The molecule has 5 N–H and O–H groups in total. The van der Waals surface area contributed by atoms with Gasteiger partial charge in [0.1, 0.15) is 0 Å². The monoisotopic (exact) mass is 180 g/mol. The smallest absolute Gasteiger partial charge is 0.0449 e. The van der Waals surface area contributed by atoms with Gasteiger partial charge >= 0.3 is 0 Å². The fourth-order valence-corrected chi connectivity index (χ4v) is 1.32. The minimum absolute atomic E-state index is 0.0918. The molecule has 3 heteroatoms. The number of anilines is 1. The Morgan fingerprint density at radius 1 is 1.46 bits per heavy atom. The van der Waals surface area contributed by atoms with Crippen LogP contribution in [0.25, 0.3) is 0 Å². The summed E-state index contributed by atoms with van der Waals surface area (Å²) < 4.78 is 0. The zero-order valence-electron chi connectivity index (χ0n) is 7.83. The zero-order chi connectivity index (χ0) is 9.84. The van der Waals surface area contributed by atoms with Gasteiger partial charge in [-0.15, -0.1) is 0 Å². The molecule has 0 saturated carbocycles. The second kappa shape index (κ2) is 4.25. The number of hydrogen-bond donors (Lipinski definition) is 3. The number of nitrogens with two attached hydrogens (primary N) is 2. The van der Waals surface area contributed by atoms with Gasteiger partial charge in [-0.3, -0.25) is 0 Å². The first-order valence-electron chi connectivity index (χ1n) is 4.38. The van der Waals surface area contributed by atoms with E-state index in [1.54, 1.807) is 0 Å². The van der Waals surface area contributed by atoms with E-state index in [0.29, 0.717) is 6.42 Å². The van der Waals surface area contributed by atoms with Crippen LogP contribution in [-0.2, 0) is 0 Å². The van der Waals surface area contributed by atoms with Gasteiger partial charge in [0.25, 0.3) is 0 Å². The summed E-state index contributed by atoms with van der Waals surface area (Å²) in [6.45, 7) is 2.04. The largest absolute Gasteiger partial charge is 0.398 e. The Kier molecular flexibility index (Phi) is 3.28. The van der Waals surface area contributed by atoms with Crippen LogP contribution in [0.4, 0.5) is 5.69 Å². The summed E-state index contributed by atoms with van der Waals surface area (Å²) in [5.74, 6) is 0. The minimum Gasteiger partial charge on any atom is -0.398 e. The lowest BCUT2D eigenvalue weighted by molar-refractivity contribution is 0.276. The van der Waals surface area contributed by atoms with Crippen LogP contribution in [0, 0.1) is 6.92 Å². The van der Waals surface area contributed by atoms with E-state index < -0.39 is 0 Å². The fourth-order valence-electron chi connectivity index (χ4n) is 1.32. The van der Waals surface area contributed by atoms with Crippen molar-refractivity contribution in [2.45, 2.75) is 19.4 Å². The van der Waals surface area contributed by atoms with Gasteiger partial charge in [0, 0.05) is 18.3 Å². The molecule has 0 radical (unpaired) electrons. The summed E-state index contributed by atoms with van der Waals surface area (Å²) in [7, 11) is 0. The van der Waals surface area contributed by atoms with Gasteiger partial charge in [0.05, 0.1) is 0 Å². The topological polar surface area (TPSA) is 72.3 Å². The molecule has 72 valence electrons. The van der Waals surface area contributed by atoms with E-state index in [9.17, 15) is 0 Å². The molecular weight excluding hydrogens is 164 g/mol. The first-order chi connectivity index (χ1) is 6.16. The van der Waals surface area contributed by atoms with Crippen LogP contribution in [0.3, 0.4) is 0 Å². The summed E-state index contributed by atoms with van der Waals surface area (Å²) in [4.78, 5) is 0. The second-order valence-corrected chi connectivity index (χ2v) is 3.20. The van der Waals surface area contributed by atoms with Crippen LogP contribution >= 0.6 is 0 Å². The molecule has 1 rings (SSSR count). The van der Waals surface area contributed by atoms with Crippen LogP contribution in [0.15, 0.2) is 18.2 Å². The molecule has 0 aliphatic carbocycles. The van der Waals surface area contributed by atoms with Crippen molar-refractivity contribution in [1.82, 2.24) is 0 Å². The normalized spacial score (nSPS) is 12.8. The van der Waals surface area contributed by atoms with E-state index in [4.69, 9.17) is 16.6 Å². The van der Waals surface area contributed by atoms with Crippen LogP contribution in [0.5, 0.6) is 0 Å². The van der Waals surface area contributed by atoms with Crippen LogP contribution in [0.1, 0.15) is 23.6 Å². The lowest BCUT2D eigenvalue weighted by Crippen LogP contribution is -2.14. The van der Waals surface area contributed by atoms with Crippen molar-refractivity contribution in [2.24, 2.45) is 5.73 Å². The molecule has 3 nitrogen and oxygen atoms in total. The van der Waals surface area contributed by atoms with Crippen molar-refractivity contribution >= 4 is 5.69 Å². The third-order valence-electron chi connectivity index (χ3n) is 2.20. The number of aliphatic hydroxyl groups is 1. The maximum Gasteiger partial charge on any atom is 0.0449 e. The van der Waals surface area contributed by atoms with E-state index in [1.165, 1.54) is 0 Å². The highest BCUT2D eigenvalue weighted by molar-refractivity contribution is 5.54. The fraction of sp³-hybridized carbons (Fsp3) is 0.400. The van der Waals surface area contributed by atoms with Crippen molar-refractivity contribution in [3.63, 3.8) is 0 Å². The van der Waals surface area contributed by atoms with Crippen molar-refractivity contribution in [1.29, 1.82) is 0 Å². The Balaban J connectivity index is 2.93. The minimum atomic E-state index is -0.162. The average Bonchev–Trinajstić information content (AvgIpc) is 2.10. The molecule has 13 heavy (non-hydrogen) atoms. The molecule has 0 aliphatic heterocycles. The summed E-state index contributed by atoms with van der Waals surface area (Å²) in [5.41, 5.74) is 14.4. The van der Waals surface area contributed by atoms with Gasteiger partial charge in [0.15, 0.2) is 0 Å². The number of aliphatic hydroxyl groups excluding tert-OH is 1. The number of rotatable bonds is 3. The van der Waals surface area contributed by atoms with Gasteiger partial charge in [-0.25, -0.2) is 0 Å². The van der Waals surface area contributed by atoms with E-state index in [0.717, 1.165) is 16.8 Å². The third-order valence-corrected chi connectivity index (χ3v) is 2.20. The highest BCUT2D eigenvalue weighted by Crippen LogP contribution is 2.23. The molecular formula is C10H16N2O. The highest BCUT2D eigenvalue weighted by Gasteiger charge is 2.09. The summed E-state index contributed by atoms with van der Waals surface area (Å²) in [6, 6.07) is 5.62. The van der Waals surface area contributed by atoms with E-state index >= 15 is 0 Å². The Labute approximate surface area is 78.4 Å². The molecule has 0 aliphatic rings. The second-order valence-electron chi connectivity index (χ2n) is 3.20. The molecule has 1 atom stereocenters.